The molecule has 0 bridgehead atoms. The van der Waals surface area contributed by atoms with Crippen LogP contribution < -0.4 is 11.5 Å². The van der Waals surface area contributed by atoms with Crippen LogP contribution in [0.25, 0.3) is 11.0 Å². The molecule has 4 nitrogen and oxygen atoms in total. The van der Waals surface area contributed by atoms with Crippen molar-refractivity contribution in [2.75, 3.05) is 5.73 Å². The molecule has 0 atom stereocenters. The summed E-state index contributed by atoms with van der Waals surface area (Å²) >= 11 is 0. The molecule has 0 aliphatic rings. The third kappa shape index (κ3) is 1.85. The summed E-state index contributed by atoms with van der Waals surface area (Å²) in [5.74, 6) is 0.425. The lowest BCUT2D eigenvalue weighted by atomic mass is 10.2. The van der Waals surface area contributed by atoms with Gasteiger partial charge in [0, 0.05) is 6.54 Å². The van der Waals surface area contributed by atoms with Gasteiger partial charge >= 0.3 is 0 Å². The van der Waals surface area contributed by atoms with Crippen molar-refractivity contribution in [1.82, 2.24) is 5.16 Å². The fourth-order valence-electron chi connectivity index (χ4n) is 1.13. The standard InChI is InChI=1S/C8H9N3O.C2H6/c9-4-5-1-2-6-7(3-5)12-11-8(6)10;1-2/h1-3H,4,9H2,(H2,10,11);1-2H3. The predicted octanol–water partition coefficient (Wildman–Crippen LogP) is 1.89. The molecule has 0 aliphatic heterocycles. The zero-order valence-electron chi connectivity index (χ0n) is 8.45. The Balaban J connectivity index is 0.000000461. The lowest BCUT2D eigenvalue weighted by Crippen LogP contribution is -1.94. The Labute approximate surface area is 82.9 Å². The molecule has 0 radical (unpaired) electrons. The van der Waals surface area contributed by atoms with E-state index in [-0.39, 0.29) is 0 Å². The number of hydrogen-bond donors (Lipinski definition) is 2. The molecule has 4 heteroatoms. The highest BCUT2D eigenvalue weighted by molar-refractivity contribution is 5.87. The number of fused-ring (bicyclic) bond motifs is 1. The van der Waals surface area contributed by atoms with Gasteiger partial charge < -0.3 is 16.0 Å². The lowest BCUT2D eigenvalue weighted by molar-refractivity contribution is 0.460. The van der Waals surface area contributed by atoms with Gasteiger partial charge in [0.2, 0.25) is 0 Å². The molecule has 2 rings (SSSR count). The van der Waals surface area contributed by atoms with Gasteiger partial charge in [-0.3, -0.25) is 0 Å². The molecule has 1 aromatic heterocycles. The van der Waals surface area contributed by atoms with Gasteiger partial charge in [0.1, 0.15) is 0 Å². The van der Waals surface area contributed by atoms with Crippen LogP contribution in [-0.4, -0.2) is 5.16 Å². The average Bonchev–Trinajstić information content (AvgIpc) is 2.63. The molecule has 1 aromatic carbocycles. The molecule has 4 N–H and O–H groups in total. The number of hydrogen-bond acceptors (Lipinski definition) is 4. The van der Waals surface area contributed by atoms with E-state index in [1.165, 1.54) is 0 Å². The van der Waals surface area contributed by atoms with E-state index in [0.29, 0.717) is 17.9 Å². The van der Waals surface area contributed by atoms with Crippen LogP contribution in [0.4, 0.5) is 5.82 Å². The van der Waals surface area contributed by atoms with Crippen molar-refractivity contribution >= 4 is 16.8 Å². The first-order valence-electron chi connectivity index (χ1n) is 4.65. The van der Waals surface area contributed by atoms with Crippen LogP contribution in [0.1, 0.15) is 19.4 Å². The highest BCUT2D eigenvalue weighted by Gasteiger charge is 2.03. The van der Waals surface area contributed by atoms with E-state index in [1.807, 2.05) is 32.0 Å². The van der Waals surface area contributed by atoms with Crippen LogP contribution in [0.3, 0.4) is 0 Å². The maximum Gasteiger partial charge on any atom is 0.174 e. The molecule has 0 unspecified atom stereocenters. The minimum atomic E-state index is 0.425. The van der Waals surface area contributed by atoms with Crippen LogP contribution in [0, 0.1) is 0 Å². The average molecular weight is 193 g/mol. The van der Waals surface area contributed by atoms with Crippen LogP contribution in [0.2, 0.25) is 0 Å². The number of benzene rings is 1. The zero-order chi connectivity index (χ0) is 10.6. The van der Waals surface area contributed by atoms with Crippen LogP contribution in [0.15, 0.2) is 22.7 Å². The first-order valence-corrected chi connectivity index (χ1v) is 4.65. The van der Waals surface area contributed by atoms with Gasteiger partial charge in [0.15, 0.2) is 11.4 Å². The summed E-state index contributed by atoms with van der Waals surface area (Å²) in [4.78, 5) is 0. The van der Waals surface area contributed by atoms with Crippen molar-refractivity contribution in [2.24, 2.45) is 5.73 Å². The van der Waals surface area contributed by atoms with Gasteiger partial charge in [-0.05, 0) is 17.7 Å². The molecular weight excluding hydrogens is 178 g/mol. The zero-order valence-corrected chi connectivity index (χ0v) is 8.45. The summed E-state index contributed by atoms with van der Waals surface area (Å²) in [5, 5.41) is 4.47. The Kier molecular flexibility index (Phi) is 3.48. The van der Waals surface area contributed by atoms with Crippen LogP contribution in [0.5, 0.6) is 0 Å². The summed E-state index contributed by atoms with van der Waals surface area (Å²) < 4.78 is 4.96. The molecule has 0 amide bonds. The first kappa shape index (κ1) is 10.5. The minimum Gasteiger partial charge on any atom is -0.380 e. The summed E-state index contributed by atoms with van der Waals surface area (Å²) in [7, 11) is 0. The monoisotopic (exact) mass is 193 g/mol. The van der Waals surface area contributed by atoms with Crippen molar-refractivity contribution in [2.45, 2.75) is 20.4 Å². The fraction of sp³-hybridized carbons (Fsp3) is 0.300. The van der Waals surface area contributed by atoms with Gasteiger partial charge in [0.25, 0.3) is 0 Å². The molecule has 0 fully saturated rings. The van der Waals surface area contributed by atoms with Gasteiger partial charge in [-0.15, -0.1) is 0 Å². The molecule has 0 saturated heterocycles. The van der Waals surface area contributed by atoms with Crippen molar-refractivity contribution in [3.05, 3.63) is 23.8 Å². The van der Waals surface area contributed by atoms with E-state index in [1.54, 1.807) is 0 Å². The van der Waals surface area contributed by atoms with Crippen molar-refractivity contribution in [1.29, 1.82) is 0 Å². The Morgan fingerprint density at radius 3 is 2.71 bits per heavy atom. The van der Waals surface area contributed by atoms with E-state index in [2.05, 4.69) is 5.16 Å². The largest absolute Gasteiger partial charge is 0.380 e. The minimum absolute atomic E-state index is 0.425. The quantitative estimate of drug-likeness (QED) is 0.725. The second-order valence-electron chi connectivity index (χ2n) is 2.60. The number of nitrogens with zero attached hydrogens (tertiary/aromatic N) is 1. The van der Waals surface area contributed by atoms with E-state index < -0.39 is 0 Å². The summed E-state index contributed by atoms with van der Waals surface area (Å²) in [6.07, 6.45) is 0. The maximum absolute atomic E-state index is 5.53. The van der Waals surface area contributed by atoms with E-state index in [0.717, 1.165) is 10.9 Å². The molecule has 1 heterocycles. The Bertz CT molecular complexity index is 409. The summed E-state index contributed by atoms with van der Waals surface area (Å²) in [6.45, 7) is 4.50. The smallest absolute Gasteiger partial charge is 0.174 e. The second kappa shape index (κ2) is 4.62. The first-order chi connectivity index (χ1) is 6.81. The van der Waals surface area contributed by atoms with Crippen molar-refractivity contribution < 1.29 is 4.52 Å². The molecule has 2 aromatic rings. The highest BCUT2D eigenvalue weighted by Crippen LogP contribution is 2.20. The van der Waals surface area contributed by atoms with Crippen LogP contribution >= 0.6 is 0 Å². The van der Waals surface area contributed by atoms with Gasteiger partial charge in [-0.2, -0.15) is 0 Å². The second-order valence-corrected chi connectivity index (χ2v) is 2.60. The van der Waals surface area contributed by atoms with Crippen molar-refractivity contribution in [3.8, 4) is 0 Å². The Morgan fingerprint density at radius 2 is 2.07 bits per heavy atom. The SMILES string of the molecule is CC.NCc1ccc2c(N)noc2c1. The van der Waals surface area contributed by atoms with Gasteiger partial charge in [0.05, 0.1) is 5.39 Å². The normalized spacial score (nSPS) is 9.64. The third-order valence-corrected chi connectivity index (χ3v) is 1.80. The number of anilines is 1. The van der Waals surface area contributed by atoms with E-state index in [4.69, 9.17) is 16.0 Å². The molecule has 0 saturated carbocycles. The Morgan fingerprint density at radius 1 is 1.36 bits per heavy atom. The highest BCUT2D eigenvalue weighted by atomic mass is 16.5. The molecule has 14 heavy (non-hydrogen) atoms. The number of aromatic nitrogens is 1. The molecule has 76 valence electrons. The number of nitrogen functional groups attached to an aromatic ring is 1. The van der Waals surface area contributed by atoms with Gasteiger partial charge in [-0.25, -0.2) is 0 Å². The summed E-state index contributed by atoms with van der Waals surface area (Å²) in [5.41, 5.74) is 12.7. The fourth-order valence-corrected chi connectivity index (χ4v) is 1.13. The third-order valence-electron chi connectivity index (χ3n) is 1.80. The number of rotatable bonds is 1. The molecular formula is C10H15N3O. The van der Waals surface area contributed by atoms with E-state index >= 15 is 0 Å². The van der Waals surface area contributed by atoms with Crippen LogP contribution in [-0.2, 0) is 6.54 Å². The van der Waals surface area contributed by atoms with Crippen molar-refractivity contribution in [3.63, 3.8) is 0 Å². The van der Waals surface area contributed by atoms with E-state index in [9.17, 15) is 0 Å². The maximum atomic E-state index is 5.53. The Hall–Kier alpha value is -1.55. The molecule has 0 spiro atoms. The predicted molar refractivity (Wildman–Crippen MR) is 57.7 cm³/mol. The van der Waals surface area contributed by atoms with Gasteiger partial charge in [-0.1, -0.05) is 25.1 Å². The summed E-state index contributed by atoms with van der Waals surface area (Å²) in [6, 6.07) is 5.62. The number of nitrogens with two attached hydrogens (primary N) is 2. The lowest BCUT2D eigenvalue weighted by Gasteiger charge is -1.93. The topological polar surface area (TPSA) is 78.1 Å². The molecule has 0 aliphatic carbocycles.